The summed E-state index contributed by atoms with van der Waals surface area (Å²) in [5.74, 6) is -0.661. The Balaban J connectivity index is 0. The zero-order valence-electron chi connectivity index (χ0n) is 13.4. The van der Waals surface area contributed by atoms with Crippen molar-refractivity contribution in [3.63, 3.8) is 0 Å². The van der Waals surface area contributed by atoms with Gasteiger partial charge in [-0.1, -0.05) is 70.4 Å². The fourth-order valence-corrected chi connectivity index (χ4v) is 2.35. The van der Waals surface area contributed by atoms with Crippen molar-refractivity contribution < 1.29 is 9.90 Å². The third-order valence-corrected chi connectivity index (χ3v) is 3.65. The monoisotopic (exact) mass is 290 g/mol. The van der Waals surface area contributed by atoms with Crippen molar-refractivity contribution in [2.24, 2.45) is 0 Å². The van der Waals surface area contributed by atoms with Gasteiger partial charge in [0.15, 0.2) is 0 Å². The van der Waals surface area contributed by atoms with Gasteiger partial charge in [-0.2, -0.15) is 0 Å². The van der Waals surface area contributed by atoms with Crippen LogP contribution in [0.15, 0.2) is 12.2 Å². The molecule has 0 spiro atoms. The topological polar surface area (TPSA) is 37.3 Å². The number of carboxylic acid groups (broad SMARTS) is 1. The van der Waals surface area contributed by atoms with Crippen LogP contribution in [0, 0.1) is 0 Å². The van der Waals surface area contributed by atoms with E-state index >= 15 is 0 Å². The standard InChI is InChI=1S/C18H34O2.Li.H/c1-2-3-4-5-6-7-8-9-10-11-12-13-14-15-16-17-18(19)20;;/h7-8H,2-6,9-17H2,1H3,(H,19,20);;/b8-7+;;. The average molecular weight is 290 g/mol. The molecule has 0 aliphatic heterocycles. The van der Waals surface area contributed by atoms with Gasteiger partial charge in [-0.3, -0.25) is 4.79 Å². The van der Waals surface area contributed by atoms with E-state index in [2.05, 4.69) is 19.1 Å². The predicted molar refractivity (Wildman–Crippen MR) is 94.2 cm³/mol. The number of hydrogen-bond acceptors (Lipinski definition) is 1. The van der Waals surface area contributed by atoms with E-state index in [0.29, 0.717) is 6.42 Å². The molecule has 0 saturated carbocycles. The van der Waals surface area contributed by atoms with Crippen molar-refractivity contribution in [1.29, 1.82) is 0 Å². The number of aliphatic carboxylic acids is 1. The quantitative estimate of drug-likeness (QED) is 0.247. The third kappa shape index (κ3) is 22.2. The van der Waals surface area contributed by atoms with E-state index < -0.39 is 5.97 Å². The maximum absolute atomic E-state index is 10.3. The zero-order chi connectivity index (χ0) is 14.9. The van der Waals surface area contributed by atoms with Crippen molar-refractivity contribution in [2.45, 2.75) is 96.8 Å². The fourth-order valence-electron chi connectivity index (χ4n) is 2.35. The molecule has 0 aliphatic carbocycles. The predicted octanol–water partition coefficient (Wildman–Crippen LogP) is 5.46. The summed E-state index contributed by atoms with van der Waals surface area (Å²) >= 11 is 0. The van der Waals surface area contributed by atoms with Gasteiger partial charge in [0.05, 0.1) is 0 Å². The molecule has 0 radical (unpaired) electrons. The molecule has 0 aromatic carbocycles. The van der Waals surface area contributed by atoms with Gasteiger partial charge in [0, 0.05) is 6.42 Å². The Morgan fingerprint density at radius 1 is 0.762 bits per heavy atom. The summed E-state index contributed by atoms with van der Waals surface area (Å²) in [6, 6.07) is 0. The Hall–Kier alpha value is -0.193. The summed E-state index contributed by atoms with van der Waals surface area (Å²) in [6.07, 6.45) is 21.2. The summed E-state index contributed by atoms with van der Waals surface area (Å²) < 4.78 is 0. The van der Waals surface area contributed by atoms with Crippen molar-refractivity contribution >= 4 is 24.8 Å². The fraction of sp³-hybridized carbons (Fsp3) is 0.833. The van der Waals surface area contributed by atoms with Crippen LogP contribution in [0.2, 0.25) is 0 Å². The molecule has 2 nitrogen and oxygen atoms in total. The molecule has 0 atom stereocenters. The number of allylic oxidation sites excluding steroid dienone is 2. The van der Waals surface area contributed by atoms with Gasteiger partial charge in [-0.05, 0) is 32.1 Å². The summed E-state index contributed by atoms with van der Waals surface area (Å²) in [4.78, 5) is 10.3. The van der Waals surface area contributed by atoms with Crippen LogP contribution in [0.4, 0.5) is 0 Å². The summed E-state index contributed by atoms with van der Waals surface area (Å²) in [5, 5.41) is 8.51. The van der Waals surface area contributed by atoms with Gasteiger partial charge >= 0.3 is 24.8 Å². The molecule has 0 rings (SSSR count). The second kappa shape index (κ2) is 19.8. The second-order valence-electron chi connectivity index (χ2n) is 5.73. The SMILES string of the molecule is CCCCCC/C=C/CCCCCCCCCC(=O)O.[LiH]. The van der Waals surface area contributed by atoms with Gasteiger partial charge in [0.2, 0.25) is 0 Å². The van der Waals surface area contributed by atoms with E-state index in [1.54, 1.807) is 0 Å². The van der Waals surface area contributed by atoms with Crippen LogP contribution in [-0.2, 0) is 4.79 Å². The van der Waals surface area contributed by atoms with Crippen LogP contribution in [0.5, 0.6) is 0 Å². The first-order chi connectivity index (χ1) is 9.77. The molecule has 0 amide bonds. The summed E-state index contributed by atoms with van der Waals surface area (Å²) in [5.41, 5.74) is 0. The Kier molecular flexibility index (Phi) is 21.8. The van der Waals surface area contributed by atoms with Crippen molar-refractivity contribution in [1.82, 2.24) is 0 Å². The molecule has 0 unspecified atom stereocenters. The van der Waals surface area contributed by atoms with Gasteiger partial charge in [-0.15, -0.1) is 0 Å². The Bertz CT molecular complexity index is 239. The number of hydrogen-bond donors (Lipinski definition) is 1. The van der Waals surface area contributed by atoms with Gasteiger partial charge < -0.3 is 5.11 Å². The summed E-state index contributed by atoms with van der Waals surface area (Å²) in [7, 11) is 0. The van der Waals surface area contributed by atoms with Crippen LogP contribution in [0.25, 0.3) is 0 Å². The van der Waals surface area contributed by atoms with Crippen LogP contribution in [0.1, 0.15) is 96.8 Å². The van der Waals surface area contributed by atoms with Crippen LogP contribution in [-0.4, -0.2) is 29.9 Å². The van der Waals surface area contributed by atoms with Gasteiger partial charge in [0.1, 0.15) is 0 Å². The van der Waals surface area contributed by atoms with Crippen LogP contribution >= 0.6 is 0 Å². The molecule has 0 heterocycles. The second-order valence-corrected chi connectivity index (χ2v) is 5.73. The first-order valence-corrected chi connectivity index (χ1v) is 8.64. The van der Waals surface area contributed by atoms with Gasteiger partial charge in [0.25, 0.3) is 0 Å². The van der Waals surface area contributed by atoms with E-state index in [0.717, 1.165) is 12.8 Å². The minimum absolute atomic E-state index is 0. The first-order valence-electron chi connectivity index (χ1n) is 8.64. The Morgan fingerprint density at radius 2 is 1.19 bits per heavy atom. The number of unbranched alkanes of at least 4 members (excludes halogenated alkanes) is 11. The molecule has 0 aliphatic rings. The molecule has 0 aromatic heterocycles. The molecule has 120 valence electrons. The third-order valence-electron chi connectivity index (χ3n) is 3.65. The maximum atomic E-state index is 10.3. The number of rotatable bonds is 15. The Labute approximate surface area is 144 Å². The molecular formula is C18H35LiO2. The zero-order valence-corrected chi connectivity index (χ0v) is 13.4. The molecule has 0 aromatic rings. The van der Waals surface area contributed by atoms with Crippen molar-refractivity contribution in [3.05, 3.63) is 12.2 Å². The van der Waals surface area contributed by atoms with Crippen LogP contribution < -0.4 is 0 Å². The number of carbonyl (C=O) groups is 1. The van der Waals surface area contributed by atoms with Gasteiger partial charge in [-0.25, -0.2) is 0 Å². The van der Waals surface area contributed by atoms with E-state index in [1.807, 2.05) is 0 Å². The molecular weight excluding hydrogens is 255 g/mol. The van der Waals surface area contributed by atoms with E-state index in [9.17, 15) is 4.79 Å². The first kappa shape index (κ1) is 23.1. The normalized spacial score (nSPS) is 10.7. The minimum atomic E-state index is -0.661. The molecule has 0 bridgehead atoms. The van der Waals surface area contributed by atoms with Crippen LogP contribution in [0.3, 0.4) is 0 Å². The Morgan fingerprint density at radius 3 is 1.67 bits per heavy atom. The van der Waals surface area contributed by atoms with E-state index in [4.69, 9.17) is 5.11 Å². The average Bonchev–Trinajstić information content (AvgIpc) is 2.43. The van der Waals surface area contributed by atoms with E-state index in [1.165, 1.54) is 70.6 Å². The molecule has 0 fully saturated rings. The van der Waals surface area contributed by atoms with E-state index in [-0.39, 0.29) is 18.9 Å². The number of carboxylic acids is 1. The molecule has 0 saturated heterocycles. The molecule has 3 heteroatoms. The summed E-state index contributed by atoms with van der Waals surface area (Å²) in [6.45, 7) is 2.25. The molecule has 21 heavy (non-hydrogen) atoms. The van der Waals surface area contributed by atoms with Crippen molar-refractivity contribution in [2.75, 3.05) is 0 Å². The van der Waals surface area contributed by atoms with Crippen molar-refractivity contribution in [3.8, 4) is 0 Å². The molecule has 1 N–H and O–H groups in total.